The lowest BCUT2D eigenvalue weighted by molar-refractivity contribution is 0.0383. The number of halogens is 1. The minimum Gasteiger partial charge on any atom is -0.338 e. The second-order valence-corrected chi connectivity index (χ2v) is 11.6. The van der Waals surface area contributed by atoms with Crippen molar-refractivity contribution < 1.29 is 14.1 Å². The highest BCUT2D eigenvalue weighted by Gasteiger charge is 2.20. The molecule has 11 heteroatoms. The molecule has 0 aromatic rings. The van der Waals surface area contributed by atoms with Crippen molar-refractivity contribution in [1.29, 1.82) is 0 Å². The van der Waals surface area contributed by atoms with Crippen molar-refractivity contribution in [3.63, 3.8) is 0 Å². The van der Waals surface area contributed by atoms with Crippen molar-refractivity contribution in [1.82, 2.24) is 39.8 Å². The number of urea groups is 2. The van der Waals surface area contributed by atoms with Crippen molar-refractivity contribution in [3.05, 3.63) is 0 Å². The SMILES string of the molecule is CN(C)CCCN(CCCN(C)C)C(=O)NCCCCCCN(F)C(=O)N(CCCN(C)C)CCCN(C)C. The molecule has 0 aliphatic heterocycles. The number of carbonyl (C=O) groups excluding carboxylic acids is 2. The Balaban J connectivity index is 4.36. The van der Waals surface area contributed by atoms with Crippen molar-refractivity contribution in [2.45, 2.75) is 51.4 Å². The Morgan fingerprint density at radius 1 is 0.487 bits per heavy atom. The third kappa shape index (κ3) is 21.8. The standard InChI is InChI=1S/C28H61FN8O2/c1-31(2)18-13-22-35(23-14-19-32(3)4)27(38)30-17-11-9-10-12-26-37(29)28(39)36(24-15-20-33(5)6)25-16-21-34(7)8/h9-26H2,1-8H3,(H,30,38). The Kier molecular flexibility index (Phi) is 22.1. The second-order valence-electron chi connectivity index (χ2n) is 11.6. The van der Waals surface area contributed by atoms with Gasteiger partial charge in [-0.3, -0.25) is 0 Å². The van der Waals surface area contributed by atoms with Crippen LogP contribution in [0.25, 0.3) is 0 Å². The van der Waals surface area contributed by atoms with Crippen LogP contribution in [0, 0.1) is 0 Å². The summed E-state index contributed by atoms with van der Waals surface area (Å²) in [4.78, 5) is 37.4. The second kappa shape index (κ2) is 23.1. The average Bonchev–Trinajstić information content (AvgIpc) is 2.84. The minimum atomic E-state index is -0.525. The van der Waals surface area contributed by atoms with Crippen LogP contribution in [0.5, 0.6) is 0 Å². The summed E-state index contributed by atoms with van der Waals surface area (Å²) in [5, 5.41) is 3.44. The van der Waals surface area contributed by atoms with Crippen molar-refractivity contribution in [2.24, 2.45) is 0 Å². The highest BCUT2D eigenvalue weighted by molar-refractivity contribution is 5.74. The summed E-state index contributed by atoms with van der Waals surface area (Å²) < 4.78 is 14.6. The fourth-order valence-corrected chi connectivity index (χ4v) is 4.21. The van der Waals surface area contributed by atoms with E-state index in [-0.39, 0.29) is 12.6 Å². The summed E-state index contributed by atoms with van der Waals surface area (Å²) >= 11 is 0. The van der Waals surface area contributed by atoms with Crippen LogP contribution >= 0.6 is 0 Å². The lowest BCUT2D eigenvalue weighted by Gasteiger charge is -2.26. The molecule has 0 heterocycles. The molecule has 0 fully saturated rings. The number of nitrogens with one attached hydrogen (secondary N) is 1. The quantitative estimate of drug-likeness (QED) is 0.153. The van der Waals surface area contributed by atoms with Gasteiger partial charge in [0.2, 0.25) is 0 Å². The number of hydrogen-bond donors (Lipinski definition) is 1. The van der Waals surface area contributed by atoms with Gasteiger partial charge >= 0.3 is 12.1 Å². The van der Waals surface area contributed by atoms with E-state index < -0.39 is 6.03 Å². The van der Waals surface area contributed by atoms with Crippen LogP contribution in [0.2, 0.25) is 0 Å². The lowest BCUT2D eigenvalue weighted by Crippen LogP contribution is -2.42. The fraction of sp³-hybridized carbons (Fsp3) is 0.929. The van der Waals surface area contributed by atoms with E-state index in [1.165, 1.54) is 0 Å². The lowest BCUT2D eigenvalue weighted by atomic mass is 10.2. The van der Waals surface area contributed by atoms with Crippen LogP contribution in [0.15, 0.2) is 0 Å². The highest BCUT2D eigenvalue weighted by Crippen LogP contribution is 2.08. The van der Waals surface area contributed by atoms with Gasteiger partial charge in [0, 0.05) is 32.7 Å². The zero-order chi connectivity index (χ0) is 29.6. The summed E-state index contributed by atoms with van der Waals surface area (Å²) in [5.74, 6) is 0. The predicted molar refractivity (Wildman–Crippen MR) is 161 cm³/mol. The molecule has 39 heavy (non-hydrogen) atoms. The van der Waals surface area contributed by atoms with E-state index in [0.717, 1.165) is 84.2 Å². The largest absolute Gasteiger partial charge is 0.348 e. The summed E-state index contributed by atoms with van der Waals surface area (Å²) in [6, 6.07) is -0.528. The number of hydrogen-bond acceptors (Lipinski definition) is 6. The first kappa shape index (κ1) is 37.3. The van der Waals surface area contributed by atoms with Gasteiger partial charge in [-0.05, 0) is 121 Å². The predicted octanol–water partition coefficient (Wildman–Crippen LogP) is 2.97. The van der Waals surface area contributed by atoms with Crippen LogP contribution in [0.1, 0.15) is 51.4 Å². The van der Waals surface area contributed by atoms with Crippen LogP contribution in [0.3, 0.4) is 0 Å². The van der Waals surface area contributed by atoms with E-state index >= 15 is 0 Å². The summed E-state index contributed by atoms with van der Waals surface area (Å²) in [7, 11) is 16.2. The monoisotopic (exact) mass is 560 g/mol. The molecule has 0 saturated heterocycles. The summed E-state index contributed by atoms with van der Waals surface area (Å²) in [6.07, 6.45) is 6.70. The van der Waals surface area contributed by atoms with Crippen molar-refractivity contribution in [2.75, 3.05) is 122 Å². The molecule has 0 spiro atoms. The van der Waals surface area contributed by atoms with E-state index in [1.807, 2.05) is 61.3 Å². The summed E-state index contributed by atoms with van der Waals surface area (Å²) in [6.45, 7) is 6.98. The molecule has 0 unspecified atom stereocenters. The number of rotatable bonds is 23. The third-order valence-corrected chi connectivity index (χ3v) is 6.46. The van der Waals surface area contributed by atoms with E-state index in [1.54, 1.807) is 4.90 Å². The third-order valence-electron chi connectivity index (χ3n) is 6.46. The maximum absolute atomic E-state index is 14.6. The molecule has 4 amide bonds. The van der Waals surface area contributed by atoms with Crippen molar-refractivity contribution in [3.8, 4) is 0 Å². The van der Waals surface area contributed by atoms with Gasteiger partial charge in [0.15, 0.2) is 0 Å². The van der Waals surface area contributed by atoms with Gasteiger partial charge < -0.3 is 34.7 Å². The van der Waals surface area contributed by atoms with E-state index in [2.05, 4.69) is 24.9 Å². The van der Waals surface area contributed by atoms with Crippen LogP contribution in [0.4, 0.5) is 14.1 Å². The molecule has 10 nitrogen and oxygen atoms in total. The first-order valence-corrected chi connectivity index (χ1v) is 14.8. The Bertz CT molecular complexity index is 594. The average molecular weight is 561 g/mol. The molecule has 0 radical (unpaired) electrons. The molecule has 0 rings (SSSR count). The molecule has 232 valence electrons. The molecule has 0 bridgehead atoms. The Hall–Kier alpha value is -1.69. The molecule has 0 aliphatic rings. The van der Waals surface area contributed by atoms with Gasteiger partial charge in [-0.25, -0.2) is 9.59 Å². The maximum atomic E-state index is 14.6. The zero-order valence-corrected chi connectivity index (χ0v) is 26.6. The topological polar surface area (TPSA) is 68.8 Å². The number of amides is 4. The normalized spacial score (nSPS) is 11.6. The number of carbonyl (C=O) groups is 2. The Labute approximate surface area is 239 Å². The van der Waals surface area contributed by atoms with Gasteiger partial charge in [-0.1, -0.05) is 17.3 Å². The van der Waals surface area contributed by atoms with Crippen molar-refractivity contribution >= 4 is 12.1 Å². The number of nitrogens with zero attached hydrogens (tertiary/aromatic N) is 7. The first-order chi connectivity index (χ1) is 18.4. The van der Waals surface area contributed by atoms with E-state index in [9.17, 15) is 14.1 Å². The molecule has 0 aromatic carbocycles. The molecular weight excluding hydrogens is 499 g/mol. The van der Waals surface area contributed by atoms with Gasteiger partial charge in [0.1, 0.15) is 0 Å². The van der Waals surface area contributed by atoms with Crippen LogP contribution in [-0.4, -0.2) is 168 Å². The Morgan fingerprint density at radius 2 is 0.872 bits per heavy atom. The minimum absolute atomic E-state index is 0.00309. The fourth-order valence-electron chi connectivity index (χ4n) is 4.21. The van der Waals surface area contributed by atoms with Gasteiger partial charge in [0.05, 0.1) is 6.54 Å². The zero-order valence-electron chi connectivity index (χ0n) is 26.6. The molecule has 1 N–H and O–H groups in total. The van der Waals surface area contributed by atoms with E-state index in [0.29, 0.717) is 31.2 Å². The highest BCUT2D eigenvalue weighted by atomic mass is 19.2. The molecule has 0 atom stereocenters. The van der Waals surface area contributed by atoms with Gasteiger partial charge in [-0.15, -0.1) is 0 Å². The number of unbranched alkanes of at least 4 members (excludes halogenated alkanes) is 3. The smallest absolute Gasteiger partial charge is 0.338 e. The van der Waals surface area contributed by atoms with Gasteiger partial charge in [-0.2, -0.15) is 5.12 Å². The van der Waals surface area contributed by atoms with Gasteiger partial charge in [0.25, 0.3) is 0 Å². The van der Waals surface area contributed by atoms with Crippen LogP contribution in [-0.2, 0) is 0 Å². The maximum Gasteiger partial charge on any atom is 0.348 e. The Morgan fingerprint density at radius 3 is 1.28 bits per heavy atom. The summed E-state index contributed by atoms with van der Waals surface area (Å²) in [5.41, 5.74) is 0. The van der Waals surface area contributed by atoms with Crippen LogP contribution < -0.4 is 5.32 Å². The van der Waals surface area contributed by atoms with E-state index in [4.69, 9.17) is 0 Å². The molecule has 0 aliphatic carbocycles. The molecular formula is C28H61FN8O2. The first-order valence-electron chi connectivity index (χ1n) is 14.8. The molecule has 0 saturated carbocycles. The molecule has 0 aromatic heterocycles.